The first-order chi connectivity index (χ1) is 12.7. The lowest BCUT2D eigenvalue weighted by Gasteiger charge is -2.35. The molecule has 138 valence electrons. The van der Waals surface area contributed by atoms with Gasteiger partial charge in [0.15, 0.2) is 5.69 Å². The Balaban J connectivity index is 1.37. The minimum atomic E-state index is -0.00548. The second kappa shape index (κ2) is 7.45. The van der Waals surface area contributed by atoms with E-state index in [-0.39, 0.29) is 5.91 Å². The molecule has 4 rings (SSSR count). The van der Waals surface area contributed by atoms with E-state index in [1.165, 1.54) is 11.3 Å². The number of piperazine rings is 1. The van der Waals surface area contributed by atoms with E-state index in [1.54, 1.807) is 0 Å². The second-order valence-electron chi connectivity index (χ2n) is 7.18. The number of piperidine rings is 1. The smallest absolute Gasteiger partial charge is 0.276 e. The Kier molecular flexibility index (Phi) is 4.88. The molecule has 26 heavy (non-hydrogen) atoms. The van der Waals surface area contributed by atoms with Crippen LogP contribution >= 0.6 is 0 Å². The molecule has 0 bridgehead atoms. The number of benzene rings is 1. The van der Waals surface area contributed by atoms with Crippen molar-refractivity contribution < 1.29 is 4.79 Å². The van der Waals surface area contributed by atoms with Crippen LogP contribution in [0.1, 0.15) is 34.9 Å². The Labute approximate surface area is 154 Å². The maximum Gasteiger partial charge on any atom is 0.276 e. The Morgan fingerprint density at radius 3 is 2.65 bits per heavy atom. The molecule has 1 N–H and O–H groups in total. The van der Waals surface area contributed by atoms with Crippen molar-refractivity contribution in [2.45, 2.75) is 25.8 Å². The number of rotatable bonds is 3. The summed E-state index contributed by atoms with van der Waals surface area (Å²) in [5.41, 5.74) is 2.96. The van der Waals surface area contributed by atoms with E-state index in [4.69, 9.17) is 0 Å². The van der Waals surface area contributed by atoms with Gasteiger partial charge in [-0.05, 0) is 50.6 Å². The van der Waals surface area contributed by atoms with E-state index in [2.05, 4.69) is 51.7 Å². The zero-order valence-corrected chi connectivity index (χ0v) is 15.3. The SMILES string of the molecule is Cc1cccc(N2CCN(C(=O)c3cn(C4CCNCC4)nn3)CC2)c1. The Hall–Kier alpha value is -2.41. The fourth-order valence-corrected chi connectivity index (χ4v) is 3.78. The van der Waals surface area contributed by atoms with E-state index in [1.807, 2.05) is 15.8 Å². The normalized spacial score (nSPS) is 19.0. The van der Waals surface area contributed by atoms with Crippen LogP contribution in [-0.4, -0.2) is 65.1 Å². The van der Waals surface area contributed by atoms with Crippen LogP contribution in [0.15, 0.2) is 30.5 Å². The zero-order valence-electron chi connectivity index (χ0n) is 15.3. The summed E-state index contributed by atoms with van der Waals surface area (Å²) >= 11 is 0. The van der Waals surface area contributed by atoms with Crippen LogP contribution in [0.25, 0.3) is 0 Å². The topological polar surface area (TPSA) is 66.3 Å². The molecule has 2 aliphatic heterocycles. The van der Waals surface area contributed by atoms with Gasteiger partial charge in [0.2, 0.25) is 0 Å². The van der Waals surface area contributed by atoms with Crippen molar-refractivity contribution in [1.82, 2.24) is 25.2 Å². The predicted octanol–water partition coefficient (Wildman–Crippen LogP) is 1.47. The molecule has 3 heterocycles. The van der Waals surface area contributed by atoms with E-state index < -0.39 is 0 Å². The molecule has 0 saturated carbocycles. The van der Waals surface area contributed by atoms with Crippen LogP contribution in [0, 0.1) is 6.92 Å². The molecule has 0 aliphatic carbocycles. The third-order valence-corrected chi connectivity index (χ3v) is 5.35. The van der Waals surface area contributed by atoms with Gasteiger partial charge in [0.1, 0.15) is 0 Å². The Bertz CT molecular complexity index is 759. The lowest BCUT2D eigenvalue weighted by Crippen LogP contribution is -2.48. The standard InChI is InChI=1S/C19H26N6O/c1-15-3-2-4-17(13-15)23-9-11-24(12-10-23)19(26)18-14-25(22-21-18)16-5-7-20-8-6-16/h2-4,13-14,16,20H,5-12H2,1H3. The van der Waals surface area contributed by atoms with Crippen LogP contribution < -0.4 is 10.2 Å². The van der Waals surface area contributed by atoms with Gasteiger partial charge in [-0.2, -0.15) is 0 Å². The highest BCUT2D eigenvalue weighted by atomic mass is 16.2. The molecule has 0 spiro atoms. The Morgan fingerprint density at radius 1 is 1.15 bits per heavy atom. The molecule has 2 aromatic rings. The van der Waals surface area contributed by atoms with Crippen molar-refractivity contribution in [2.24, 2.45) is 0 Å². The largest absolute Gasteiger partial charge is 0.368 e. The highest BCUT2D eigenvalue weighted by molar-refractivity contribution is 5.92. The van der Waals surface area contributed by atoms with Gasteiger partial charge < -0.3 is 15.1 Å². The number of anilines is 1. The molecule has 1 aromatic carbocycles. The lowest BCUT2D eigenvalue weighted by molar-refractivity contribution is 0.0740. The number of amides is 1. The number of hydrogen-bond acceptors (Lipinski definition) is 5. The molecular weight excluding hydrogens is 328 g/mol. The summed E-state index contributed by atoms with van der Waals surface area (Å²) in [6, 6.07) is 8.87. The summed E-state index contributed by atoms with van der Waals surface area (Å²) < 4.78 is 1.87. The highest BCUT2D eigenvalue weighted by Gasteiger charge is 2.25. The average Bonchev–Trinajstić information content (AvgIpc) is 3.18. The lowest BCUT2D eigenvalue weighted by atomic mass is 10.1. The van der Waals surface area contributed by atoms with Crippen molar-refractivity contribution >= 4 is 11.6 Å². The molecule has 0 atom stereocenters. The first-order valence-electron chi connectivity index (χ1n) is 9.44. The van der Waals surface area contributed by atoms with E-state index >= 15 is 0 Å². The van der Waals surface area contributed by atoms with E-state index in [9.17, 15) is 4.79 Å². The van der Waals surface area contributed by atoms with Crippen molar-refractivity contribution in [1.29, 1.82) is 0 Å². The van der Waals surface area contributed by atoms with Gasteiger partial charge in [-0.1, -0.05) is 17.3 Å². The second-order valence-corrected chi connectivity index (χ2v) is 7.18. The van der Waals surface area contributed by atoms with Gasteiger partial charge >= 0.3 is 0 Å². The summed E-state index contributed by atoms with van der Waals surface area (Å²) in [5.74, 6) is -0.00548. The van der Waals surface area contributed by atoms with E-state index in [0.29, 0.717) is 24.8 Å². The Morgan fingerprint density at radius 2 is 1.92 bits per heavy atom. The summed E-state index contributed by atoms with van der Waals surface area (Å²) in [4.78, 5) is 17.0. The highest BCUT2D eigenvalue weighted by Crippen LogP contribution is 2.20. The molecule has 1 amide bonds. The molecule has 7 nitrogen and oxygen atoms in total. The predicted molar refractivity (Wildman–Crippen MR) is 100 cm³/mol. The van der Waals surface area contributed by atoms with Gasteiger partial charge in [-0.15, -0.1) is 5.10 Å². The number of carbonyl (C=O) groups is 1. The first-order valence-corrected chi connectivity index (χ1v) is 9.44. The van der Waals surface area contributed by atoms with Crippen LogP contribution in [0.4, 0.5) is 5.69 Å². The molecule has 1 aromatic heterocycles. The minimum absolute atomic E-state index is 0.00548. The van der Waals surface area contributed by atoms with Crippen LogP contribution in [0.2, 0.25) is 0 Å². The van der Waals surface area contributed by atoms with Crippen LogP contribution in [0.3, 0.4) is 0 Å². The number of aromatic nitrogens is 3. The zero-order chi connectivity index (χ0) is 17.9. The first kappa shape index (κ1) is 17.0. The maximum atomic E-state index is 12.8. The molecular formula is C19H26N6O. The summed E-state index contributed by atoms with van der Waals surface area (Å²) in [7, 11) is 0. The van der Waals surface area contributed by atoms with Gasteiger partial charge in [0.05, 0.1) is 12.2 Å². The van der Waals surface area contributed by atoms with Gasteiger partial charge in [0, 0.05) is 31.9 Å². The number of nitrogens with zero attached hydrogens (tertiary/aromatic N) is 5. The number of aryl methyl sites for hydroxylation is 1. The quantitative estimate of drug-likeness (QED) is 0.904. The monoisotopic (exact) mass is 354 g/mol. The van der Waals surface area contributed by atoms with Crippen LogP contribution in [-0.2, 0) is 0 Å². The molecule has 0 unspecified atom stereocenters. The minimum Gasteiger partial charge on any atom is -0.368 e. The third-order valence-electron chi connectivity index (χ3n) is 5.35. The number of nitrogens with one attached hydrogen (secondary N) is 1. The maximum absolute atomic E-state index is 12.8. The summed E-state index contributed by atoms with van der Waals surface area (Å²) in [5, 5.41) is 11.7. The van der Waals surface area contributed by atoms with Gasteiger partial charge in [-0.25, -0.2) is 4.68 Å². The molecule has 7 heteroatoms. The van der Waals surface area contributed by atoms with Crippen molar-refractivity contribution in [2.75, 3.05) is 44.2 Å². The van der Waals surface area contributed by atoms with Crippen molar-refractivity contribution in [3.8, 4) is 0 Å². The molecule has 0 radical (unpaired) electrons. The number of hydrogen-bond donors (Lipinski definition) is 1. The van der Waals surface area contributed by atoms with Crippen molar-refractivity contribution in [3.63, 3.8) is 0 Å². The average molecular weight is 354 g/mol. The fraction of sp³-hybridized carbons (Fsp3) is 0.526. The van der Waals surface area contributed by atoms with E-state index in [0.717, 1.165) is 39.0 Å². The summed E-state index contributed by atoms with van der Waals surface area (Å²) in [6.07, 6.45) is 3.89. The van der Waals surface area contributed by atoms with Gasteiger partial charge in [0.25, 0.3) is 5.91 Å². The molecule has 2 fully saturated rings. The molecule has 2 saturated heterocycles. The van der Waals surface area contributed by atoms with Crippen LogP contribution in [0.5, 0.6) is 0 Å². The third kappa shape index (κ3) is 3.58. The van der Waals surface area contributed by atoms with Crippen molar-refractivity contribution in [3.05, 3.63) is 41.7 Å². The fourth-order valence-electron chi connectivity index (χ4n) is 3.78. The summed E-state index contributed by atoms with van der Waals surface area (Å²) in [6.45, 7) is 7.22. The molecule has 2 aliphatic rings. The number of carbonyl (C=O) groups excluding carboxylic acids is 1. The van der Waals surface area contributed by atoms with Gasteiger partial charge in [-0.3, -0.25) is 4.79 Å².